The van der Waals surface area contributed by atoms with Gasteiger partial charge in [0.15, 0.2) is 0 Å². The first kappa shape index (κ1) is 12.4. The summed E-state index contributed by atoms with van der Waals surface area (Å²) in [6.45, 7) is 4.44. The Morgan fingerprint density at radius 2 is 2.08 bits per heavy atom. The molecule has 0 aliphatic rings. The van der Waals surface area contributed by atoms with Gasteiger partial charge in [0.2, 0.25) is 0 Å². The number of carbonyl (C=O) groups excluding carboxylic acids is 1. The normalized spacial score (nSPS) is 13.0. The van der Waals surface area contributed by atoms with Gasteiger partial charge in [-0.15, -0.1) is 0 Å². The van der Waals surface area contributed by atoms with E-state index < -0.39 is 12.0 Å². The van der Waals surface area contributed by atoms with E-state index in [0.717, 1.165) is 6.42 Å². The second kappa shape index (κ2) is 6.86. The Hall–Kier alpha value is -0.610. The van der Waals surface area contributed by atoms with Crippen molar-refractivity contribution in [1.29, 1.82) is 0 Å². The van der Waals surface area contributed by atoms with Gasteiger partial charge in [-0.05, 0) is 18.8 Å². The first-order chi connectivity index (χ1) is 6.07. The zero-order valence-corrected chi connectivity index (χ0v) is 8.32. The molecule has 0 saturated carbocycles. The summed E-state index contributed by atoms with van der Waals surface area (Å²) in [5, 5.41) is 8.51. The number of esters is 1. The Bertz CT molecular complexity index is 148. The second-order valence-electron chi connectivity index (χ2n) is 3.47. The van der Waals surface area contributed by atoms with Crippen molar-refractivity contribution in [2.75, 3.05) is 13.2 Å². The topological polar surface area (TPSA) is 72.5 Å². The minimum absolute atomic E-state index is 0.0829. The average Bonchev–Trinajstić information content (AvgIpc) is 2.04. The van der Waals surface area contributed by atoms with Gasteiger partial charge in [-0.25, -0.2) is 0 Å². The molecule has 0 aromatic heterocycles. The molecule has 0 radical (unpaired) electrons. The first-order valence-corrected chi connectivity index (χ1v) is 4.61. The highest BCUT2D eigenvalue weighted by molar-refractivity contribution is 5.75. The van der Waals surface area contributed by atoms with Crippen molar-refractivity contribution < 1.29 is 14.6 Å². The molecule has 0 saturated heterocycles. The van der Waals surface area contributed by atoms with Gasteiger partial charge in [0, 0.05) is 6.61 Å². The van der Waals surface area contributed by atoms with Crippen molar-refractivity contribution in [1.82, 2.24) is 0 Å². The summed E-state index contributed by atoms with van der Waals surface area (Å²) in [5.74, 6) is 0.0940. The molecular weight excluding hydrogens is 170 g/mol. The van der Waals surface area contributed by atoms with E-state index in [2.05, 4.69) is 13.8 Å². The van der Waals surface area contributed by atoms with E-state index in [1.807, 2.05) is 0 Å². The van der Waals surface area contributed by atoms with Gasteiger partial charge in [-0.3, -0.25) is 4.79 Å². The standard InChI is InChI=1S/C9H19NO3/c1-7(2)4-6-13-9(12)8(10)3-5-11/h7-8,11H,3-6,10H2,1-2H3/t8-/m1/s1. The maximum absolute atomic E-state index is 11.1. The molecule has 0 aliphatic heterocycles. The van der Waals surface area contributed by atoms with Crippen LogP contribution in [0.1, 0.15) is 26.7 Å². The predicted octanol–water partition coefficient (Wildman–Crippen LogP) is 0.285. The van der Waals surface area contributed by atoms with Crippen LogP contribution in [0.3, 0.4) is 0 Å². The minimum Gasteiger partial charge on any atom is -0.465 e. The highest BCUT2D eigenvalue weighted by Gasteiger charge is 2.13. The first-order valence-electron chi connectivity index (χ1n) is 4.61. The highest BCUT2D eigenvalue weighted by atomic mass is 16.5. The largest absolute Gasteiger partial charge is 0.465 e. The summed E-state index contributed by atoms with van der Waals surface area (Å²) in [6.07, 6.45) is 1.11. The number of nitrogens with two attached hydrogens (primary N) is 1. The van der Waals surface area contributed by atoms with Crippen LogP contribution < -0.4 is 5.73 Å². The van der Waals surface area contributed by atoms with Crippen LogP contribution in [-0.4, -0.2) is 30.3 Å². The molecule has 0 spiro atoms. The van der Waals surface area contributed by atoms with Crippen LogP contribution in [-0.2, 0) is 9.53 Å². The van der Waals surface area contributed by atoms with Crippen LogP contribution in [0.15, 0.2) is 0 Å². The number of hydrogen-bond acceptors (Lipinski definition) is 4. The fourth-order valence-electron chi connectivity index (χ4n) is 0.759. The average molecular weight is 189 g/mol. The summed E-state index contributed by atoms with van der Waals surface area (Å²) in [4.78, 5) is 11.1. The van der Waals surface area contributed by atoms with E-state index in [4.69, 9.17) is 15.6 Å². The number of carbonyl (C=O) groups is 1. The molecule has 13 heavy (non-hydrogen) atoms. The Labute approximate surface area is 79.1 Å². The van der Waals surface area contributed by atoms with Gasteiger partial charge >= 0.3 is 5.97 Å². The minimum atomic E-state index is -0.683. The molecule has 0 bridgehead atoms. The van der Waals surface area contributed by atoms with E-state index >= 15 is 0 Å². The van der Waals surface area contributed by atoms with Crippen molar-refractivity contribution in [3.63, 3.8) is 0 Å². The van der Waals surface area contributed by atoms with Crippen molar-refractivity contribution in [3.8, 4) is 0 Å². The molecule has 78 valence electrons. The van der Waals surface area contributed by atoms with Gasteiger partial charge in [-0.2, -0.15) is 0 Å². The number of hydrogen-bond donors (Lipinski definition) is 2. The lowest BCUT2D eigenvalue weighted by molar-refractivity contribution is -0.145. The molecule has 0 amide bonds. The fraction of sp³-hybridized carbons (Fsp3) is 0.889. The van der Waals surface area contributed by atoms with E-state index in [9.17, 15) is 4.79 Å². The van der Waals surface area contributed by atoms with Gasteiger partial charge in [0.05, 0.1) is 6.61 Å². The zero-order valence-electron chi connectivity index (χ0n) is 8.32. The molecule has 1 atom stereocenters. The van der Waals surface area contributed by atoms with Gasteiger partial charge in [0.25, 0.3) is 0 Å². The van der Waals surface area contributed by atoms with Crippen LogP contribution in [0, 0.1) is 5.92 Å². The molecule has 0 rings (SSSR count). The fourth-order valence-corrected chi connectivity index (χ4v) is 0.759. The van der Waals surface area contributed by atoms with Crippen LogP contribution in [0.4, 0.5) is 0 Å². The Morgan fingerprint density at radius 3 is 2.54 bits per heavy atom. The number of aliphatic hydroxyl groups excluding tert-OH is 1. The van der Waals surface area contributed by atoms with Gasteiger partial charge in [0.1, 0.15) is 6.04 Å². The maximum atomic E-state index is 11.1. The summed E-state index contributed by atoms with van der Waals surface area (Å²) in [6, 6.07) is -0.683. The van der Waals surface area contributed by atoms with Gasteiger partial charge in [-0.1, -0.05) is 13.8 Å². The summed E-state index contributed by atoms with van der Waals surface area (Å²) in [5.41, 5.74) is 5.41. The van der Waals surface area contributed by atoms with Crippen molar-refractivity contribution in [2.45, 2.75) is 32.7 Å². The van der Waals surface area contributed by atoms with E-state index in [-0.39, 0.29) is 13.0 Å². The predicted molar refractivity (Wildman–Crippen MR) is 50.1 cm³/mol. The maximum Gasteiger partial charge on any atom is 0.322 e. The molecule has 3 N–H and O–H groups in total. The van der Waals surface area contributed by atoms with Crippen LogP contribution >= 0.6 is 0 Å². The zero-order chi connectivity index (χ0) is 10.3. The third-order valence-corrected chi connectivity index (χ3v) is 1.68. The van der Waals surface area contributed by atoms with E-state index in [1.165, 1.54) is 0 Å². The van der Waals surface area contributed by atoms with Crippen molar-refractivity contribution in [2.24, 2.45) is 11.7 Å². The molecule has 0 fully saturated rings. The molecular formula is C9H19NO3. The Balaban J connectivity index is 3.50. The van der Waals surface area contributed by atoms with Crippen LogP contribution in [0.25, 0.3) is 0 Å². The lowest BCUT2D eigenvalue weighted by atomic mass is 10.1. The molecule has 0 aromatic rings. The molecule has 0 aromatic carbocycles. The monoisotopic (exact) mass is 189 g/mol. The molecule has 0 aliphatic carbocycles. The Morgan fingerprint density at radius 1 is 1.46 bits per heavy atom. The quantitative estimate of drug-likeness (QED) is 0.589. The van der Waals surface area contributed by atoms with Crippen LogP contribution in [0.2, 0.25) is 0 Å². The van der Waals surface area contributed by atoms with E-state index in [0.29, 0.717) is 12.5 Å². The van der Waals surface area contributed by atoms with Crippen molar-refractivity contribution >= 4 is 5.97 Å². The summed E-state index contributed by atoms with van der Waals surface area (Å²) < 4.78 is 4.89. The Kier molecular flexibility index (Phi) is 6.54. The molecule has 0 unspecified atom stereocenters. The van der Waals surface area contributed by atoms with Crippen molar-refractivity contribution in [3.05, 3.63) is 0 Å². The molecule has 4 nitrogen and oxygen atoms in total. The third-order valence-electron chi connectivity index (χ3n) is 1.68. The second-order valence-corrected chi connectivity index (χ2v) is 3.47. The third kappa shape index (κ3) is 6.54. The molecule has 0 heterocycles. The highest BCUT2D eigenvalue weighted by Crippen LogP contribution is 2.00. The van der Waals surface area contributed by atoms with Gasteiger partial charge < -0.3 is 15.6 Å². The number of ether oxygens (including phenoxy) is 1. The summed E-state index contributed by atoms with van der Waals surface area (Å²) >= 11 is 0. The van der Waals surface area contributed by atoms with Crippen LogP contribution in [0.5, 0.6) is 0 Å². The van der Waals surface area contributed by atoms with E-state index in [1.54, 1.807) is 0 Å². The SMILES string of the molecule is CC(C)CCOC(=O)[C@H](N)CCO. The number of aliphatic hydroxyl groups is 1. The molecule has 4 heteroatoms. The lowest BCUT2D eigenvalue weighted by Crippen LogP contribution is -2.33. The summed E-state index contributed by atoms with van der Waals surface area (Å²) in [7, 11) is 0. The smallest absolute Gasteiger partial charge is 0.322 e. The lowest BCUT2D eigenvalue weighted by Gasteiger charge is -2.10. The number of rotatable bonds is 6.